The maximum Gasteiger partial charge on any atom is 0.231 e. The molecule has 0 bridgehead atoms. The van der Waals surface area contributed by atoms with E-state index in [4.69, 9.17) is 10.1 Å². The molecule has 216 valence electrons. The smallest absolute Gasteiger partial charge is 0.231 e. The Kier molecular flexibility index (Phi) is 9.35. The number of aliphatic hydroxyl groups excluding tert-OH is 1. The lowest BCUT2D eigenvalue weighted by Gasteiger charge is -2.35. The molecular weight excluding hydrogens is 514 g/mol. The first kappa shape index (κ1) is 28.8. The van der Waals surface area contributed by atoms with E-state index in [2.05, 4.69) is 22.4 Å². The molecule has 1 aromatic carbocycles. The van der Waals surface area contributed by atoms with Gasteiger partial charge in [-0.25, -0.2) is 4.98 Å². The second-order valence-corrected chi connectivity index (χ2v) is 11.8. The number of aromatic nitrogens is 1. The molecule has 0 atom stereocenters. The average molecular weight is 556 g/mol. The van der Waals surface area contributed by atoms with Crippen molar-refractivity contribution in [2.75, 3.05) is 18.6 Å². The molecule has 0 unspecified atom stereocenters. The molecule has 3 N–H and O–H groups in total. The number of ether oxygens (including phenoxy) is 1. The number of carbonyl (C=O) groups is 1. The van der Waals surface area contributed by atoms with Gasteiger partial charge in [-0.15, -0.1) is 0 Å². The molecule has 2 aromatic rings. The normalized spacial score (nSPS) is 24.7. The number of benzene rings is 1. The summed E-state index contributed by atoms with van der Waals surface area (Å²) in [6.45, 7) is 0.608. The van der Waals surface area contributed by atoms with Crippen LogP contribution < -0.4 is 15.0 Å². The number of pyridine rings is 1. The van der Waals surface area contributed by atoms with Crippen LogP contribution in [0, 0.1) is 28.6 Å². The van der Waals surface area contributed by atoms with Crippen LogP contribution >= 0.6 is 0 Å². The van der Waals surface area contributed by atoms with Crippen LogP contribution in [0.25, 0.3) is 5.57 Å². The average Bonchev–Trinajstić information content (AvgIpc) is 3.85. The van der Waals surface area contributed by atoms with Crippen molar-refractivity contribution in [3.63, 3.8) is 0 Å². The lowest BCUT2D eigenvalue weighted by Crippen LogP contribution is -2.42. The first-order chi connectivity index (χ1) is 20.0. The van der Waals surface area contributed by atoms with E-state index in [0.717, 1.165) is 49.7 Å². The molecule has 3 saturated carbocycles. The first-order valence-corrected chi connectivity index (χ1v) is 15.0. The van der Waals surface area contributed by atoms with E-state index in [0.29, 0.717) is 67.2 Å². The summed E-state index contributed by atoms with van der Waals surface area (Å²) in [5.41, 5.74) is 3.38. The first-order valence-electron chi connectivity index (χ1n) is 15.0. The third-order valence-corrected chi connectivity index (χ3v) is 8.98. The van der Waals surface area contributed by atoms with Gasteiger partial charge in [0, 0.05) is 42.7 Å². The Hall–Kier alpha value is -3.70. The molecule has 3 fully saturated rings. The van der Waals surface area contributed by atoms with Gasteiger partial charge in [0.15, 0.2) is 0 Å². The summed E-state index contributed by atoms with van der Waals surface area (Å²) in [6.07, 6.45) is 13.6. The summed E-state index contributed by atoms with van der Waals surface area (Å²) in [7, 11) is 1.58. The van der Waals surface area contributed by atoms with E-state index >= 15 is 0 Å². The van der Waals surface area contributed by atoms with E-state index < -0.39 is 0 Å². The Bertz CT molecular complexity index is 1300. The van der Waals surface area contributed by atoms with Gasteiger partial charge in [0.05, 0.1) is 18.8 Å². The highest BCUT2D eigenvalue weighted by molar-refractivity contribution is 6.08. The minimum Gasteiger partial charge on any atom is -0.495 e. The van der Waals surface area contributed by atoms with Crippen LogP contribution in [-0.2, 0) is 4.79 Å². The number of hydrogen-bond donors (Lipinski definition) is 3. The van der Waals surface area contributed by atoms with Crippen molar-refractivity contribution in [2.45, 2.75) is 82.3 Å². The third-order valence-electron chi connectivity index (χ3n) is 8.98. The van der Waals surface area contributed by atoms with Gasteiger partial charge in [0.25, 0.3) is 0 Å². The number of carbonyl (C=O) groups excluding carboxylic acids is 1. The number of amides is 1. The number of nitriles is 1. The number of anilines is 1. The highest BCUT2D eigenvalue weighted by atomic mass is 16.5. The molecule has 0 aliphatic heterocycles. The fraction of sp³-hybridized carbons (Fsp3) is 0.515. The summed E-state index contributed by atoms with van der Waals surface area (Å²) in [5.74, 6) is 1.95. The maximum absolute atomic E-state index is 14.0. The van der Waals surface area contributed by atoms with Crippen molar-refractivity contribution in [1.29, 1.82) is 10.7 Å². The second-order valence-electron chi connectivity index (χ2n) is 11.8. The minimum absolute atomic E-state index is 0.0916. The monoisotopic (exact) mass is 555 g/mol. The SMILES string of the molecule is COc1ccc(C2CCC(CN(C(=O)C3CCC(O)CC3)c3cc(/C(C=N)=C/NC4CC4)ccn3)CC2)cc1C#N. The van der Waals surface area contributed by atoms with Gasteiger partial charge >= 0.3 is 0 Å². The zero-order valence-electron chi connectivity index (χ0n) is 23.9. The summed E-state index contributed by atoms with van der Waals surface area (Å²) in [4.78, 5) is 20.5. The fourth-order valence-corrected chi connectivity index (χ4v) is 6.25. The number of nitrogens with zero attached hydrogens (tertiary/aromatic N) is 3. The molecule has 1 heterocycles. The molecule has 3 aliphatic carbocycles. The van der Waals surface area contributed by atoms with Crippen LogP contribution in [-0.4, -0.2) is 48.0 Å². The molecule has 8 heteroatoms. The van der Waals surface area contributed by atoms with Gasteiger partial charge in [0.1, 0.15) is 17.6 Å². The van der Waals surface area contributed by atoms with E-state index in [1.165, 1.54) is 11.8 Å². The Morgan fingerprint density at radius 2 is 1.88 bits per heavy atom. The maximum atomic E-state index is 14.0. The zero-order chi connectivity index (χ0) is 28.8. The van der Waals surface area contributed by atoms with Gasteiger partial charge in [-0.05, 0) is 111 Å². The quantitative estimate of drug-likeness (QED) is 0.330. The molecule has 0 spiro atoms. The molecule has 41 heavy (non-hydrogen) atoms. The van der Waals surface area contributed by atoms with Gasteiger partial charge in [0.2, 0.25) is 5.91 Å². The van der Waals surface area contributed by atoms with E-state index in [1.54, 1.807) is 13.3 Å². The molecular formula is C33H41N5O3. The fourth-order valence-electron chi connectivity index (χ4n) is 6.25. The molecule has 0 radical (unpaired) electrons. The van der Waals surface area contributed by atoms with E-state index in [-0.39, 0.29) is 17.9 Å². The van der Waals surface area contributed by atoms with Crippen molar-refractivity contribution >= 4 is 23.5 Å². The van der Waals surface area contributed by atoms with Gasteiger partial charge < -0.3 is 20.6 Å². The van der Waals surface area contributed by atoms with Crippen LogP contribution in [0.5, 0.6) is 5.75 Å². The number of rotatable bonds is 10. The number of methoxy groups -OCH3 is 1. The molecule has 0 saturated heterocycles. The molecule has 1 aromatic heterocycles. The molecule has 3 aliphatic rings. The van der Waals surface area contributed by atoms with Crippen LogP contribution in [0.3, 0.4) is 0 Å². The summed E-state index contributed by atoms with van der Waals surface area (Å²) >= 11 is 0. The topological polar surface area (TPSA) is 122 Å². The Morgan fingerprint density at radius 3 is 2.54 bits per heavy atom. The Labute approximate surface area is 242 Å². The van der Waals surface area contributed by atoms with Crippen LogP contribution in [0.2, 0.25) is 0 Å². The number of aliphatic hydroxyl groups is 1. The summed E-state index contributed by atoms with van der Waals surface area (Å²) < 4.78 is 5.32. The van der Waals surface area contributed by atoms with E-state index in [9.17, 15) is 15.2 Å². The largest absolute Gasteiger partial charge is 0.495 e. The summed E-state index contributed by atoms with van der Waals surface area (Å²) in [6, 6.07) is 12.5. The lowest BCUT2D eigenvalue weighted by molar-refractivity contribution is -0.124. The highest BCUT2D eigenvalue weighted by Gasteiger charge is 2.33. The molecule has 8 nitrogen and oxygen atoms in total. The third kappa shape index (κ3) is 7.15. The van der Waals surface area contributed by atoms with Gasteiger partial charge in [-0.1, -0.05) is 6.07 Å². The predicted molar refractivity (Wildman–Crippen MR) is 160 cm³/mol. The predicted octanol–water partition coefficient (Wildman–Crippen LogP) is 5.56. The van der Waals surface area contributed by atoms with Crippen molar-refractivity contribution < 1.29 is 14.6 Å². The highest BCUT2D eigenvalue weighted by Crippen LogP contribution is 2.38. The van der Waals surface area contributed by atoms with E-state index in [1.807, 2.05) is 35.4 Å². The minimum atomic E-state index is -0.317. The van der Waals surface area contributed by atoms with Crippen molar-refractivity contribution in [2.24, 2.45) is 11.8 Å². The van der Waals surface area contributed by atoms with Crippen molar-refractivity contribution in [3.05, 3.63) is 59.4 Å². The molecule has 1 amide bonds. The lowest BCUT2D eigenvalue weighted by atomic mass is 9.78. The van der Waals surface area contributed by atoms with Crippen molar-refractivity contribution in [3.8, 4) is 11.8 Å². The number of nitrogens with one attached hydrogen (secondary N) is 2. The second kappa shape index (κ2) is 13.3. The van der Waals surface area contributed by atoms with Gasteiger partial charge in [-0.2, -0.15) is 5.26 Å². The Morgan fingerprint density at radius 1 is 1.12 bits per heavy atom. The van der Waals surface area contributed by atoms with Crippen LogP contribution in [0.1, 0.15) is 86.8 Å². The van der Waals surface area contributed by atoms with Crippen LogP contribution in [0.15, 0.2) is 42.7 Å². The Balaban J connectivity index is 1.32. The number of allylic oxidation sites excluding steroid dienone is 1. The number of hydrogen-bond acceptors (Lipinski definition) is 7. The summed E-state index contributed by atoms with van der Waals surface area (Å²) in [5, 5.41) is 30.9. The van der Waals surface area contributed by atoms with Crippen LogP contribution in [0.4, 0.5) is 5.82 Å². The molecule has 5 rings (SSSR count). The standard InChI is InChI=1S/C33H41N5O3/c1-41-31-13-8-25(16-27(31)18-34)23-4-2-22(3-5-23)21-38(33(40)24-6-11-30(39)12-7-24)32-17-26(14-15-36-32)28(19-35)20-37-29-9-10-29/h8,13-17,19-20,22-24,29-30,35,37,39H,2-7,9-12,21H2,1H3/b28-20+,35-19?. The van der Waals surface area contributed by atoms with Gasteiger partial charge in [-0.3, -0.25) is 9.69 Å². The zero-order valence-corrected chi connectivity index (χ0v) is 23.9. The van der Waals surface area contributed by atoms with Crippen molar-refractivity contribution in [1.82, 2.24) is 10.3 Å².